The molecule has 1 N–H and O–H groups in total. The average molecular weight is 280 g/mol. The molecule has 106 valence electrons. The predicted octanol–water partition coefficient (Wildman–Crippen LogP) is 3.60. The number of hydrogen-bond donors (Lipinski definition) is 1. The number of amides is 1. The molecule has 0 atom stereocenters. The van der Waals surface area contributed by atoms with Crippen molar-refractivity contribution < 1.29 is 9.53 Å². The van der Waals surface area contributed by atoms with Crippen LogP contribution in [0.25, 0.3) is 0 Å². The normalized spacial score (nSPS) is 9.71. The van der Waals surface area contributed by atoms with E-state index in [1.54, 1.807) is 42.5 Å². The molecule has 2 aromatic rings. The van der Waals surface area contributed by atoms with Gasteiger partial charge in [0.15, 0.2) is 0 Å². The summed E-state index contributed by atoms with van der Waals surface area (Å²) in [5.74, 6) is 0.401. The molecule has 0 aliphatic heterocycles. The summed E-state index contributed by atoms with van der Waals surface area (Å²) in [5.41, 5.74) is 1.44. The van der Waals surface area contributed by atoms with E-state index < -0.39 is 0 Å². The molecule has 2 rings (SSSR count). The quantitative estimate of drug-likeness (QED) is 0.910. The summed E-state index contributed by atoms with van der Waals surface area (Å²) in [6.45, 7) is 2.64. The predicted molar refractivity (Wildman–Crippen MR) is 81.3 cm³/mol. The van der Waals surface area contributed by atoms with Crippen LogP contribution in [0.1, 0.15) is 29.3 Å². The van der Waals surface area contributed by atoms with Crippen LogP contribution in [-0.4, -0.2) is 12.5 Å². The first-order chi connectivity index (χ1) is 10.2. The number of carbonyl (C=O) groups excluding carboxylic acids is 1. The largest absolute Gasteiger partial charge is 0.494 e. The monoisotopic (exact) mass is 280 g/mol. The number of hydrogen-bond acceptors (Lipinski definition) is 3. The number of anilines is 1. The van der Waals surface area contributed by atoms with E-state index in [1.807, 2.05) is 13.0 Å². The van der Waals surface area contributed by atoms with Crippen molar-refractivity contribution in [3.63, 3.8) is 0 Å². The van der Waals surface area contributed by atoms with E-state index in [2.05, 4.69) is 11.4 Å². The number of para-hydroxylation sites is 1. The van der Waals surface area contributed by atoms with Crippen LogP contribution in [0.5, 0.6) is 5.75 Å². The minimum atomic E-state index is -0.264. The van der Waals surface area contributed by atoms with Gasteiger partial charge in [0.1, 0.15) is 11.8 Å². The van der Waals surface area contributed by atoms with Crippen molar-refractivity contribution in [2.24, 2.45) is 0 Å². The van der Waals surface area contributed by atoms with E-state index in [9.17, 15) is 4.79 Å². The topological polar surface area (TPSA) is 62.1 Å². The Balaban J connectivity index is 2.15. The van der Waals surface area contributed by atoms with Crippen molar-refractivity contribution in [3.8, 4) is 11.8 Å². The first-order valence-corrected chi connectivity index (χ1v) is 6.78. The van der Waals surface area contributed by atoms with Crippen LogP contribution in [0.15, 0.2) is 48.5 Å². The van der Waals surface area contributed by atoms with Gasteiger partial charge in [-0.05, 0) is 36.8 Å². The molecule has 4 heteroatoms. The molecule has 0 bridgehead atoms. The second-order valence-corrected chi connectivity index (χ2v) is 4.49. The van der Waals surface area contributed by atoms with Gasteiger partial charge >= 0.3 is 0 Å². The van der Waals surface area contributed by atoms with Crippen molar-refractivity contribution in [2.75, 3.05) is 11.9 Å². The van der Waals surface area contributed by atoms with Crippen molar-refractivity contribution >= 4 is 11.6 Å². The third-order valence-electron chi connectivity index (χ3n) is 2.86. The van der Waals surface area contributed by atoms with Gasteiger partial charge in [-0.2, -0.15) is 5.26 Å². The summed E-state index contributed by atoms with van der Waals surface area (Å²) < 4.78 is 5.51. The number of nitrogens with zero attached hydrogens (tertiary/aromatic N) is 1. The van der Waals surface area contributed by atoms with Gasteiger partial charge in [-0.15, -0.1) is 0 Å². The Morgan fingerprint density at radius 1 is 1.24 bits per heavy atom. The van der Waals surface area contributed by atoms with Crippen LogP contribution in [0.2, 0.25) is 0 Å². The summed E-state index contributed by atoms with van der Waals surface area (Å²) in [5, 5.41) is 11.8. The maximum atomic E-state index is 12.2. The lowest BCUT2D eigenvalue weighted by atomic mass is 10.1. The summed E-state index contributed by atoms with van der Waals surface area (Å²) in [7, 11) is 0. The summed E-state index contributed by atoms with van der Waals surface area (Å²) in [4.78, 5) is 12.2. The highest BCUT2D eigenvalue weighted by atomic mass is 16.5. The Hall–Kier alpha value is -2.80. The highest BCUT2D eigenvalue weighted by Crippen LogP contribution is 2.17. The molecule has 0 radical (unpaired) electrons. The van der Waals surface area contributed by atoms with Crippen LogP contribution in [0, 0.1) is 11.3 Å². The minimum absolute atomic E-state index is 0.264. The van der Waals surface area contributed by atoms with Crippen LogP contribution < -0.4 is 10.1 Å². The maximum Gasteiger partial charge on any atom is 0.255 e. The third-order valence-corrected chi connectivity index (χ3v) is 2.86. The molecule has 4 nitrogen and oxygen atoms in total. The molecule has 0 saturated carbocycles. The molecular weight excluding hydrogens is 264 g/mol. The molecule has 2 aromatic carbocycles. The van der Waals surface area contributed by atoms with E-state index in [-0.39, 0.29) is 5.91 Å². The third kappa shape index (κ3) is 3.83. The Labute approximate surface area is 124 Å². The number of rotatable bonds is 5. The zero-order valence-electron chi connectivity index (χ0n) is 11.8. The zero-order chi connectivity index (χ0) is 15.1. The maximum absolute atomic E-state index is 12.2. The molecule has 0 saturated heterocycles. The summed E-state index contributed by atoms with van der Waals surface area (Å²) in [6, 6.07) is 15.9. The summed E-state index contributed by atoms with van der Waals surface area (Å²) >= 11 is 0. The van der Waals surface area contributed by atoms with E-state index >= 15 is 0 Å². The number of carbonyl (C=O) groups is 1. The lowest BCUT2D eigenvalue weighted by molar-refractivity contribution is 0.102. The molecule has 1 amide bonds. The average Bonchev–Trinajstić information content (AvgIpc) is 2.53. The second kappa shape index (κ2) is 7.11. The standard InChI is InChI=1S/C17H16N2O2/c1-2-10-21-15-8-5-7-13(11-15)17(20)19-16-9-4-3-6-14(16)12-18/h3-9,11H,2,10H2,1H3,(H,19,20). The van der Waals surface area contributed by atoms with E-state index in [1.165, 1.54) is 0 Å². The number of ether oxygens (including phenoxy) is 1. The molecule has 21 heavy (non-hydrogen) atoms. The van der Waals surface area contributed by atoms with Crippen molar-refractivity contribution in [2.45, 2.75) is 13.3 Å². The Morgan fingerprint density at radius 2 is 2.05 bits per heavy atom. The molecule has 0 aliphatic carbocycles. The highest BCUT2D eigenvalue weighted by Gasteiger charge is 2.09. The van der Waals surface area contributed by atoms with Crippen LogP contribution in [0.3, 0.4) is 0 Å². The molecule has 0 heterocycles. The van der Waals surface area contributed by atoms with Gasteiger partial charge in [0, 0.05) is 5.56 Å². The van der Waals surface area contributed by atoms with Crippen molar-refractivity contribution in [1.29, 1.82) is 5.26 Å². The SMILES string of the molecule is CCCOc1cccc(C(=O)Nc2ccccc2C#N)c1. The number of benzene rings is 2. The Kier molecular flexibility index (Phi) is 4.94. The lowest BCUT2D eigenvalue weighted by Crippen LogP contribution is -2.13. The molecule has 0 unspecified atom stereocenters. The van der Waals surface area contributed by atoms with Crippen LogP contribution >= 0.6 is 0 Å². The molecule has 0 aromatic heterocycles. The molecule has 0 aliphatic rings. The van der Waals surface area contributed by atoms with Crippen molar-refractivity contribution in [3.05, 3.63) is 59.7 Å². The highest BCUT2D eigenvalue weighted by molar-refractivity contribution is 6.05. The second-order valence-electron chi connectivity index (χ2n) is 4.49. The van der Waals surface area contributed by atoms with Gasteiger partial charge in [0.25, 0.3) is 5.91 Å². The lowest BCUT2D eigenvalue weighted by Gasteiger charge is -2.09. The molecule has 0 spiro atoms. The molecular formula is C17H16N2O2. The van der Waals surface area contributed by atoms with Gasteiger partial charge in [-0.1, -0.05) is 25.1 Å². The first kappa shape index (κ1) is 14.6. The molecule has 0 fully saturated rings. The van der Waals surface area contributed by atoms with Gasteiger partial charge in [0.2, 0.25) is 0 Å². The minimum Gasteiger partial charge on any atom is -0.494 e. The number of nitrogens with one attached hydrogen (secondary N) is 1. The van der Waals surface area contributed by atoms with Gasteiger partial charge in [0.05, 0.1) is 17.9 Å². The van der Waals surface area contributed by atoms with Gasteiger partial charge in [-0.3, -0.25) is 4.79 Å². The van der Waals surface area contributed by atoms with E-state index in [0.29, 0.717) is 29.2 Å². The Bertz CT molecular complexity index is 674. The first-order valence-electron chi connectivity index (χ1n) is 6.78. The van der Waals surface area contributed by atoms with Crippen LogP contribution in [0.4, 0.5) is 5.69 Å². The summed E-state index contributed by atoms with van der Waals surface area (Å²) in [6.07, 6.45) is 0.909. The van der Waals surface area contributed by atoms with Crippen molar-refractivity contribution in [1.82, 2.24) is 0 Å². The number of nitriles is 1. The van der Waals surface area contributed by atoms with E-state index in [4.69, 9.17) is 10.00 Å². The van der Waals surface area contributed by atoms with Gasteiger partial charge in [-0.25, -0.2) is 0 Å². The Morgan fingerprint density at radius 3 is 2.81 bits per heavy atom. The van der Waals surface area contributed by atoms with Crippen LogP contribution in [-0.2, 0) is 0 Å². The van der Waals surface area contributed by atoms with Gasteiger partial charge < -0.3 is 10.1 Å². The fourth-order valence-electron chi connectivity index (χ4n) is 1.83. The zero-order valence-corrected chi connectivity index (χ0v) is 11.8. The van der Waals surface area contributed by atoms with E-state index in [0.717, 1.165) is 6.42 Å². The fourth-order valence-corrected chi connectivity index (χ4v) is 1.83. The fraction of sp³-hybridized carbons (Fsp3) is 0.176. The smallest absolute Gasteiger partial charge is 0.255 e.